The maximum absolute atomic E-state index is 12.1. The third-order valence-corrected chi connectivity index (χ3v) is 2.82. The van der Waals surface area contributed by atoms with Crippen molar-refractivity contribution in [2.24, 2.45) is 5.41 Å². The van der Waals surface area contributed by atoms with Crippen molar-refractivity contribution in [3.05, 3.63) is 24.6 Å². The van der Waals surface area contributed by atoms with Gasteiger partial charge in [-0.1, -0.05) is 0 Å². The van der Waals surface area contributed by atoms with E-state index >= 15 is 0 Å². The number of nitrogens with zero attached hydrogens (tertiary/aromatic N) is 3. The molecule has 0 saturated carbocycles. The van der Waals surface area contributed by atoms with Gasteiger partial charge in [0.05, 0.1) is 6.07 Å². The minimum atomic E-state index is -1.05. The van der Waals surface area contributed by atoms with Crippen LogP contribution in [0.15, 0.2) is 29.0 Å². The molecule has 1 amide bonds. The van der Waals surface area contributed by atoms with Gasteiger partial charge in [0.1, 0.15) is 10.9 Å². The van der Waals surface area contributed by atoms with Gasteiger partial charge < -0.3 is 9.32 Å². The molecule has 0 saturated heterocycles. The third-order valence-electron chi connectivity index (χ3n) is 2.82. The predicted octanol–water partition coefficient (Wildman–Crippen LogP) is 2.34. The smallest absolute Gasteiger partial charge is 0.246 e. The van der Waals surface area contributed by atoms with Crippen LogP contribution in [0.1, 0.15) is 13.8 Å². The van der Waals surface area contributed by atoms with Gasteiger partial charge in [0.2, 0.25) is 5.91 Å². The number of nitriles is 1. The summed E-state index contributed by atoms with van der Waals surface area (Å²) >= 11 is 0. The van der Waals surface area contributed by atoms with Crippen LogP contribution >= 0.6 is 0 Å². The van der Waals surface area contributed by atoms with E-state index in [1.807, 2.05) is 6.07 Å². The maximum atomic E-state index is 12.1. The first-order valence-corrected chi connectivity index (χ1v) is 5.48. The maximum Gasteiger partial charge on any atom is 0.246 e. The van der Waals surface area contributed by atoms with Crippen molar-refractivity contribution in [3.8, 4) is 6.07 Å². The van der Waals surface area contributed by atoms with E-state index in [4.69, 9.17) is 9.68 Å². The molecule has 5 heteroatoms. The standard InChI is InChI=1S/C13H13N3O2/c1-13(2,7-14)12(17)16(3)9-4-5-10-11(6-9)18-8-15-10/h4-6,8H,1-3H3. The Kier molecular flexibility index (Phi) is 2.79. The lowest BCUT2D eigenvalue weighted by Crippen LogP contribution is -2.37. The first-order chi connectivity index (χ1) is 8.45. The van der Waals surface area contributed by atoms with Gasteiger partial charge in [-0.05, 0) is 26.0 Å². The topological polar surface area (TPSA) is 70.1 Å². The number of rotatable bonds is 2. The molecule has 1 aromatic heterocycles. The van der Waals surface area contributed by atoms with Crippen molar-refractivity contribution in [3.63, 3.8) is 0 Å². The predicted molar refractivity (Wildman–Crippen MR) is 66.8 cm³/mol. The number of anilines is 1. The van der Waals surface area contributed by atoms with E-state index in [2.05, 4.69) is 4.98 Å². The normalized spacial score (nSPS) is 11.2. The van der Waals surface area contributed by atoms with Gasteiger partial charge in [-0.2, -0.15) is 5.26 Å². The quantitative estimate of drug-likeness (QED) is 0.811. The van der Waals surface area contributed by atoms with Crippen LogP contribution in [-0.4, -0.2) is 17.9 Å². The van der Waals surface area contributed by atoms with Crippen LogP contribution in [-0.2, 0) is 4.79 Å². The number of fused-ring (bicyclic) bond motifs is 1. The zero-order chi connectivity index (χ0) is 13.3. The van der Waals surface area contributed by atoms with Crippen LogP contribution in [0.4, 0.5) is 5.69 Å². The lowest BCUT2D eigenvalue weighted by Gasteiger charge is -2.23. The number of carbonyl (C=O) groups excluding carboxylic acids is 1. The summed E-state index contributed by atoms with van der Waals surface area (Å²) in [6, 6.07) is 7.28. The number of hydrogen-bond donors (Lipinski definition) is 0. The van der Waals surface area contributed by atoms with E-state index in [0.29, 0.717) is 11.3 Å². The summed E-state index contributed by atoms with van der Waals surface area (Å²) in [5, 5.41) is 8.97. The Hall–Kier alpha value is -2.35. The Balaban J connectivity index is 2.36. The molecule has 1 heterocycles. The number of aromatic nitrogens is 1. The summed E-state index contributed by atoms with van der Waals surface area (Å²) in [7, 11) is 1.64. The molecule has 0 radical (unpaired) electrons. The van der Waals surface area contributed by atoms with Crippen molar-refractivity contribution in [1.82, 2.24) is 4.98 Å². The van der Waals surface area contributed by atoms with Gasteiger partial charge in [0, 0.05) is 18.8 Å². The molecule has 0 aliphatic rings. The van der Waals surface area contributed by atoms with Gasteiger partial charge in [-0.25, -0.2) is 4.98 Å². The molecule has 0 atom stereocenters. The summed E-state index contributed by atoms with van der Waals surface area (Å²) in [5.74, 6) is -0.260. The molecule has 5 nitrogen and oxygen atoms in total. The fraction of sp³-hybridized carbons (Fsp3) is 0.308. The van der Waals surface area contributed by atoms with Gasteiger partial charge in [0.15, 0.2) is 12.0 Å². The highest BCUT2D eigenvalue weighted by atomic mass is 16.3. The summed E-state index contributed by atoms with van der Waals surface area (Å²) in [4.78, 5) is 17.6. The van der Waals surface area contributed by atoms with Crippen molar-refractivity contribution in [2.75, 3.05) is 11.9 Å². The molecular formula is C13H13N3O2. The van der Waals surface area contributed by atoms with Crippen LogP contribution in [0.2, 0.25) is 0 Å². The summed E-state index contributed by atoms with van der Waals surface area (Å²) < 4.78 is 5.19. The van der Waals surface area contributed by atoms with Crippen LogP contribution in [0.5, 0.6) is 0 Å². The third kappa shape index (κ3) is 1.93. The molecule has 0 fully saturated rings. The zero-order valence-corrected chi connectivity index (χ0v) is 10.5. The van der Waals surface area contributed by atoms with Crippen molar-refractivity contribution in [2.45, 2.75) is 13.8 Å². The van der Waals surface area contributed by atoms with Crippen molar-refractivity contribution in [1.29, 1.82) is 5.26 Å². The van der Waals surface area contributed by atoms with E-state index in [9.17, 15) is 4.79 Å². The van der Waals surface area contributed by atoms with Gasteiger partial charge >= 0.3 is 0 Å². The molecule has 2 rings (SSSR count). The second-order valence-corrected chi connectivity index (χ2v) is 4.61. The molecular weight excluding hydrogens is 230 g/mol. The molecule has 0 N–H and O–H groups in total. The van der Waals surface area contributed by atoms with Crippen molar-refractivity contribution >= 4 is 22.7 Å². The second-order valence-electron chi connectivity index (χ2n) is 4.61. The minimum Gasteiger partial charge on any atom is -0.443 e. The molecule has 0 unspecified atom stereocenters. The van der Waals surface area contributed by atoms with E-state index in [0.717, 1.165) is 5.52 Å². The SMILES string of the molecule is CN(C(=O)C(C)(C)C#N)c1ccc2ncoc2c1. The molecule has 1 aromatic carbocycles. The highest BCUT2D eigenvalue weighted by molar-refractivity contribution is 5.99. The molecule has 0 bridgehead atoms. The summed E-state index contributed by atoms with van der Waals surface area (Å²) in [5.41, 5.74) is 0.971. The molecule has 18 heavy (non-hydrogen) atoms. The first-order valence-electron chi connectivity index (χ1n) is 5.48. The highest BCUT2D eigenvalue weighted by Crippen LogP contribution is 2.25. The van der Waals surface area contributed by atoms with Crippen LogP contribution < -0.4 is 4.90 Å². The number of amides is 1. The Bertz CT molecular complexity index is 637. The monoisotopic (exact) mass is 243 g/mol. The molecule has 2 aromatic rings. The largest absolute Gasteiger partial charge is 0.443 e. The fourth-order valence-electron chi connectivity index (χ4n) is 1.64. The summed E-state index contributed by atoms with van der Waals surface area (Å²) in [6.07, 6.45) is 1.36. The van der Waals surface area contributed by atoms with Crippen LogP contribution in [0.3, 0.4) is 0 Å². The number of carbonyl (C=O) groups is 1. The van der Waals surface area contributed by atoms with Crippen LogP contribution in [0.25, 0.3) is 11.1 Å². The number of oxazole rings is 1. The average molecular weight is 243 g/mol. The average Bonchev–Trinajstić information content (AvgIpc) is 2.84. The van der Waals surface area contributed by atoms with Crippen LogP contribution in [0, 0.1) is 16.7 Å². The molecule has 92 valence electrons. The number of benzene rings is 1. The van der Waals surface area contributed by atoms with E-state index < -0.39 is 5.41 Å². The summed E-state index contributed by atoms with van der Waals surface area (Å²) in [6.45, 7) is 3.19. The molecule has 0 aliphatic heterocycles. The zero-order valence-electron chi connectivity index (χ0n) is 10.5. The molecule has 0 spiro atoms. The number of hydrogen-bond acceptors (Lipinski definition) is 4. The van der Waals surface area contributed by atoms with E-state index in [1.165, 1.54) is 11.3 Å². The fourth-order valence-corrected chi connectivity index (χ4v) is 1.64. The second kappa shape index (κ2) is 4.15. The lowest BCUT2D eigenvalue weighted by molar-refractivity contribution is -0.123. The van der Waals surface area contributed by atoms with Crippen molar-refractivity contribution < 1.29 is 9.21 Å². The highest BCUT2D eigenvalue weighted by Gasteiger charge is 2.31. The van der Waals surface area contributed by atoms with Gasteiger partial charge in [0.25, 0.3) is 0 Å². The Morgan fingerprint density at radius 3 is 2.89 bits per heavy atom. The molecule has 0 aliphatic carbocycles. The minimum absolute atomic E-state index is 0.260. The van der Waals surface area contributed by atoms with Gasteiger partial charge in [-0.15, -0.1) is 0 Å². The van der Waals surface area contributed by atoms with E-state index in [-0.39, 0.29) is 5.91 Å². The Morgan fingerprint density at radius 2 is 2.22 bits per heavy atom. The Morgan fingerprint density at radius 1 is 1.50 bits per heavy atom. The Labute approximate surface area is 105 Å². The lowest BCUT2D eigenvalue weighted by atomic mass is 9.94. The first kappa shape index (κ1) is 12.1. The van der Waals surface area contributed by atoms with E-state index in [1.54, 1.807) is 39.1 Å². The van der Waals surface area contributed by atoms with Gasteiger partial charge in [-0.3, -0.25) is 4.79 Å².